The Morgan fingerprint density at radius 3 is 1.50 bits per heavy atom. The molecule has 0 bridgehead atoms. The van der Waals surface area contributed by atoms with E-state index in [1.54, 1.807) is 0 Å². The average Bonchev–Trinajstić information content (AvgIpc) is 0.811. The van der Waals surface area contributed by atoms with Crippen LogP contribution in [-0.4, -0.2) is 54.1 Å². The van der Waals surface area contributed by atoms with E-state index >= 15 is 0 Å². The van der Waals surface area contributed by atoms with Gasteiger partial charge in [0.2, 0.25) is 0 Å². The van der Waals surface area contributed by atoms with Gasteiger partial charge in [0, 0.05) is 0 Å². The van der Waals surface area contributed by atoms with Crippen molar-refractivity contribution < 1.29 is 38.1 Å². The van der Waals surface area contributed by atoms with Crippen LogP contribution in [-0.2, 0) is 0 Å². The van der Waals surface area contributed by atoms with Crippen molar-refractivity contribution in [2.75, 3.05) is 0 Å². The molecule has 3 nitrogen and oxygen atoms in total. The van der Waals surface area contributed by atoms with Gasteiger partial charge in [0.1, 0.15) is 0 Å². The molecule has 0 radical (unpaired) electrons. The topological polar surface area (TPSA) is 57.5 Å². The van der Waals surface area contributed by atoms with E-state index in [0.717, 1.165) is 0 Å². The van der Waals surface area contributed by atoms with Crippen LogP contribution in [0, 0.1) is 0 Å². The van der Waals surface area contributed by atoms with Crippen LogP contribution in [0.15, 0.2) is 0 Å². The normalized spacial score (nSPS) is 4.00. The monoisotopic (exact) mass is 112 g/mol. The zero-order valence-corrected chi connectivity index (χ0v) is 5.72. The van der Waals surface area contributed by atoms with Crippen LogP contribution < -0.4 is 18.9 Å². The largest absolute Gasteiger partial charge is 2.00 e. The van der Waals surface area contributed by atoms with Crippen LogP contribution >= 0.6 is 0 Å². The first kappa shape index (κ1) is 15.7. The molecule has 0 amide bonds. The summed E-state index contributed by atoms with van der Waals surface area (Å²) in [5, 5.41) is 13.9. The maximum Gasteiger partial charge on any atom is 2.00 e. The molecule has 0 aliphatic carbocycles. The Labute approximate surface area is 81.4 Å². The molecule has 0 aromatic rings. The zero-order valence-electron chi connectivity index (χ0n) is 6.51. The standard InChI is InChI=1S/CH2O3.Ca.Li.3H/c2-1(3)4;;;;;/h(H2,2,3,4);;;;;/q;+2;+1;3*-1. The minimum absolute atomic E-state index is 0. The van der Waals surface area contributed by atoms with Gasteiger partial charge in [-0.25, -0.2) is 4.79 Å². The summed E-state index contributed by atoms with van der Waals surface area (Å²) in [6.07, 6.45) is -1.83. The van der Waals surface area contributed by atoms with E-state index in [0.29, 0.717) is 0 Å². The molecule has 0 rings (SSSR count). The summed E-state index contributed by atoms with van der Waals surface area (Å²) in [6, 6.07) is 0. The van der Waals surface area contributed by atoms with Crippen molar-refractivity contribution in [2.24, 2.45) is 0 Å². The summed E-state index contributed by atoms with van der Waals surface area (Å²) in [5.74, 6) is 0. The Morgan fingerprint density at radius 1 is 1.50 bits per heavy atom. The van der Waals surface area contributed by atoms with Gasteiger partial charge >= 0.3 is 62.8 Å². The molecule has 0 aliphatic heterocycles. The van der Waals surface area contributed by atoms with Crippen molar-refractivity contribution in [2.45, 2.75) is 0 Å². The predicted molar refractivity (Wildman–Crippen MR) is 19.7 cm³/mol. The number of hydrogen-bond acceptors (Lipinski definition) is 1. The van der Waals surface area contributed by atoms with Crippen molar-refractivity contribution in [1.82, 2.24) is 0 Å². The number of hydrogen-bond donors (Lipinski definition) is 2. The quantitative estimate of drug-likeness (QED) is 0.332. The molecule has 6 heavy (non-hydrogen) atoms. The summed E-state index contributed by atoms with van der Waals surface area (Å²) in [6.45, 7) is 0. The van der Waals surface area contributed by atoms with E-state index in [1.165, 1.54) is 0 Å². The van der Waals surface area contributed by atoms with Crippen LogP contribution in [0.3, 0.4) is 0 Å². The first-order valence-electron chi connectivity index (χ1n) is 0.651. The summed E-state index contributed by atoms with van der Waals surface area (Å²) in [7, 11) is 0. The third-order valence-electron chi connectivity index (χ3n) is 0. The Kier molecular flexibility index (Phi) is 24.8. The van der Waals surface area contributed by atoms with Crippen molar-refractivity contribution in [3.05, 3.63) is 0 Å². The van der Waals surface area contributed by atoms with Crippen molar-refractivity contribution >= 4 is 43.9 Å². The van der Waals surface area contributed by atoms with E-state index < -0.39 is 6.16 Å². The van der Waals surface area contributed by atoms with E-state index in [1.807, 2.05) is 0 Å². The van der Waals surface area contributed by atoms with Gasteiger partial charge in [-0.15, -0.1) is 0 Å². The van der Waals surface area contributed by atoms with E-state index in [-0.39, 0.29) is 60.9 Å². The molecule has 5 heteroatoms. The first-order valence-corrected chi connectivity index (χ1v) is 0.651. The Bertz CT molecular complexity index is 42.0. The summed E-state index contributed by atoms with van der Waals surface area (Å²) < 4.78 is 0. The molecular formula is CH5CaLiO3. The Balaban J connectivity index is -0.00000000450. The molecule has 0 aliphatic rings. The van der Waals surface area contributed by atoms with Crippen molar-refractivity contribution in [3.8, 4) is 0 Å². The molecule has 0 saturated carbocycles. The second-order valence-electron chi connectivity index (χ2n) is 0.283. The molecule has 0 saturated heterocycles. The molecule has 0 fully saturated rings. The molecular weight excluding hydrogens is 107 g/mol. The van der Waals surface area contributed by atoms with Gasteiger partial charge in [-0.2, -0.15) is 0 Å². The SMILES string of the molecule is O=C(O)O.[Ca+2].[H-].[H-].[H-].[Li+]. The maximum atomic E-state index is 8.56. The van der Waals surface area contributed by atoms with Gasteiger partial charge in [-0.3, -0.25) is 0 Å². The molecule has 0 atom stereocenters. The third kappa shape index (κ3) is 68.7. The van der Waals surface area contributed by atoms with E-state index in [9.17, 15) is 0 Å². The predicted octanol–water partition coefficient (Wildman–Crippen LogP) is -2.82. The fourth-order valence-corrected chi connectivity index (χ4v) is 0. The average molecular weight is 112 g/mol. The summed E-state index contributed by atoms with van der Waals surface area (Å²) >= 11 is 0. The van der Waals surface area contributed by atoms with Gasteiger partial charge in [0.05, 0.1) is 0 Å². The zero-order chi connectivity index (χ0) is 3.58. The van der Waals surface area contributed by atoms with Gasteiger partial charge < -0.3 is 14.5 Å². The molecule has 0 spiro atoms. The second kappa shape index (κ2) is 9.46. The summed E-state index contributed by atoms with van der Waals surface area (Å²) in [5.41, 5.74) is 0. The maximum absolute atomic E-state index is 8.56. The third-order valence-corrected chi connectivity index (χ3v) is 0. The molecule has 0 aromatic carbocycles. The van der Waals surface area contributed by atoms with Crippen molar-refractivity contribution in [1.29, 1.82) is 0 Å². The first-order chi connectivity index (χ1) is 1.73. The van der Waals surface area contributed by atoms with Gasteiger partial charge in [0.25, 0.3) is 0 Å². The molecule has 30 valence electrons. The number of carboxylic acid groups (broad SMARTS) is 2. The molecule has 0 heterocycles. The molecule has 0 aromatic heterocycles. The molecule has 0 unspecified atom stereocenters. The Morgan fingerprint density at radius 2 is 1.50 bits per heavy atom. The minimum Gasteiger partial charge on any atom is -1.00 e. The van der Waals surface area contributed by atoms with Crippen LogP contribution in [0.5, 0.6) is 0 Å². The Hall–Kier alpha value is 1.13. The number of rotatable bonds is 0. The second-order valence-corrected chi connectivity index (χ2v) is 0.283. The van der Waals surface area contributed by atoms with Crippen LogP contribution in [0.2, 0.25) is 0 Å². The van der Waals surface area contributed by atoms with E-state index in [2.05, 4.69) is 0 Å². The number of carbonyl (C=O) groups is 1. The van der Waals surface area contributed by atoms with Crippen LogP contribution in [0.1, 0.15) is 4.28 Å². The van der Waals surface area contributed by atoms with Crippen LogP contribution in [0.4, 0.5) is 4.79 Å². The summed E-state index contributed by atoms with van der Waals surface area (Å²) in [4.78, 5) is 8.56. The fraction of sp³-hybridized carbons (Fsp3) is 0. The van der Waals surface area contributed by atoms with Crippen LogP contribution in [0.25, 0.3) is 0 Å². The van der Waals surface area contributed by atoms with Gasteiger partial charge in [-0.1, -0.05) is 0 Å². The fourth-order valence-electron chi connectivity index (χ4n) is 0. The smallest absolute Gasteiger partial charge is 1.00 e. The van der Waals surface area contributed by atoms with Gasteiger partial charge in [-0.05, 0) is 0 Å². The van der Waals surface area contributed by atoms with Gasteiger partial charge in [0.15, 0.2) is 0 Å². The van der Waals surface area contributed by atoms with E-state index in [4.69, 9.17) is 15.0 Å². The minimum atomic E-state index is -1.83. The molecule has 2 N–H and O–H groups in total. The van der Waals surface area contributed by atoms with Crippen molar-refractivity contribution in [3.63, 3.8) is 0 Å².